The minimum atomic E-state index is -5.76. The van der Waals surface area contributed by atoms with Crippen LogP contribution in [-0.4, -0.2) is 22.2 Å². The maximum atomic E-state index is 12.7. The van der Waals surface area contributed by atoms with Gasteiger partial charge in [0.1, 0.15) is 5.69 Å². The van der Waals surface area contributed by atoms with E-state index in [4.69, 9.17) is 5.11 Å². The van der Waals surface area contributed by atoms with E-state index in [1.807, 2.05) is 0 Å². The van der Waals surface area contributed by atoms with Crippen LogP contribution in [0.5, 0.6) is 0 Å². The second-order valence-electron chi connectivity index (χ2n) is 2.81. The molecule has 16 heavy (non-hydrogen) atoms. The zero-order chi connectivity index (χ0) is 12.6. The molecule has 0 spiro atoms. The quantitative estimate of drug-likeness (QED) is 0.809. The fourth-order valence-corrected chi connectivity index (χ4v) is 0.851. The first-order chi connectivity index (χ1) is 7.16. The van der Waals surface area contributed by atoms with E-state index in [0.29, 0.717) is 18.3 Å². The SMILES string of the molecule is O=C(O)c1ccc(C(F)(F)C(F)(F)F)nc1. The number of aromatic nitrogens is 1. The summed E-state index contributed by atoms with van der Waals surface area (Å²) >= 11 is 0. The van der Waals surface area contributed by atoms with Gasteiger partial charge in [0.15, 0.2) is 0 Å². The Morgan fingerprint density at radius 3 is 2.06 bits per heavy atom. The maximum Gasteiger partial charge on any atom is 0.459 e. The Morgan fingerprint density at radius 2 is 1.75 bits per heavy atom. The third kappa shape index (κ3) is 2.10. The Bertz CT molecular complexity index is 398. The highest BCUT2D eigenvalue weighted by atomic mass is 19.4. The van der Waals surface area contributed by atoms with E-state index in [0.717, 1.165) is 0 Å². The number of alkyl halides is 5. The highest BCUT2D eigenvalue weighted by molar-refractivity contribution is 5.87. The van der Waals surface area contributed by atoms with Crippen molar-refractivity contribution in [2.75, 3.05) is 0 Å². The number of carboxylic acid groups (broad SMARTS) is 1. The van der Waals surface area contributed by atoms with Gasteiger partial charge in [-0.3, -0.25) is 4.98 Å². The normalized spacial score (nSPS) is 12.6. The number of nitrogens with zero attached hydrogens (tertiary/aromatic N) is 1. The molecule has 1 heterocycles. The van der Waals surface area contributed by atoms with Crippen LogP contribution in [0.4, 0.5) is 22.0 Å². The maximum absolute atomic E-state index is 12.7. The lowest BCUT2D eigenvalue weighted by Crippen LogP contribution is -2.34. The van der Waals surface area contributed by atoms with Crippen LogP contribution in [0.2, 0.25) is 0 Å². The van der Waals surface area contributed by atoms with Crippen molar-refractivity contribution in [3.05, 3.63) is 29.6 Å². The molecular formula is C8H4F5NO2. The molecule has 3 nitrogen and oxygen atoms in total. The van der Waals surface area contributed by atoms with Gasteiger partial charge >= 0.3 is 18.1 Å². The predicted molar refractivity (Wildman–Crippen MR) is 41.1 cm³/mol. The number of hydrogen-bond donors (Lipinski definition) is 1. The lowest BCUT2D eigenvalue weighted by atomic mass is 10.2. The summed E-state index contributed by atoms with van der Waals surface area (Å²) in [5, 5.41) is 8.39. The zero-order valence-electron chi connectivity index (χ0n) is 7.42. The molecule has 88 valence electrons. The monoisotopic (exact) mass is 241 g/mol. The largest absolute Gasteiger partial charge is 0.478 e. The molecule has 0 aliphatic carbocycles. The van der Waals surface area contributed by atoms with E-state index in [-0.39, 0.29) is 0 Å². The molecule has 0 aliphatic rings. The molecule has 0 aliphatic heterocycles. The van der Waals surface area contributed by atoms with Gasteiger partial charge in [-0.1, -0.05) is 0 Å². The van der Waals surface area contributed by atoms with Crippen molar-refractivity contribution in [2.45, 2.75) is 12.1 Å². The molecule has 0 unspecified atom stereocenters. The van der Waals surface area contributed by atoms with Crippen molar-refractivity contribution >= 4 is 5.97 Å². The van der Waals surface area contributed by atoms with Crippen LogP contribution in [0.1, 0.15) is 16.1 Å². The number of halogens is 5. The summed E-state index contributed by atoms with van der Waals surface area (Å²) < 4.78 is 60.9. The van der Waals surface area contributed by atoms with Crippen molar-refractivity contribution in [1.82, 2.24) is 4.98 Å². The molecule has 0 saturated carbocycles. The highest BCUT2D eigenvalue weighted by Gasteiger charge is 2.59. The molecular weight excluding hydrogens is 237 g/mol. The highest BCUT2D eigenvalue weighted by Crippen LogP contribution is 2.42. The first kappa shape index (κ1) is 12.3. The topological polar surface area (TPSA) is 50.2 Å². The van der Waals surface area contributed by atoms with Crippen LogP contribution in [0.25, 0.3) is 0 Å². The summed E-state index contributed by atoms with van der Waals surface area (Å²) in [5.41, 5.74) is -2.01. The molecule has 1 aromatic heterocycles. The van der Waals surface area contributed by atoms with Crippen molar-refractivity contribution in [3.63, 3.8) is 0 Å². The molecule has 0 radical (unpaired) electrons. The fourth-order valence-electron chi connectivity index (χ4n) is 0.851. The molecule has 8 heteroatoms. The van der Waals surface area contributed by atoms with Crippen molar-refractivity contribution in [1.29, 1.82) is 0 Å². The fraction of sp³-hybridized carbons (Fsp3) is 0.250. The first-order valence-corrected chi connectivity index (χ1v) is 3.80. The summed E-state index contributed by atoms with van der Waals surface area (Å²) in [4.78, 5) is 13.1. The Kier molecular flexibility index (Phi) is 2.85. The van der Waals surface area contributed by atoms with Crippen molar-refractivity contribution < 1.29 is 31.9 Å². The average Bonchev–Trinajstić information content (AvgIpc) is 2.16. The van der Waals surface area contributed by atoms with E-state index >= 15 is 0 Å². The van der Waals surface area contributed by atoms with Crippen molar-refractivity contribution in [2.24, 2.45) is 0 Å². The lowest BCUT2D eigenvalue weighted by Gasteiger charge is -2.18. The Hall–Kier alpha value is -1.73. The second-order valence-corrected chi connectivity index (χ2v) is 2.81. The van der Waals surface area contributed by atoms with Gasteiger partial charge in [0.05, 0.1) is 5.56 Å². The standard InChI is InChI=1S/C8H4F5NO2/c9-7(10,8(11,12)13)5-2-1-4(3-14-5)6(15)16/h1-3H,(H,15,16). The minimum Gasteiger partial charge on any atom is -0.478 e. The number of pyridine rings is 1. The Labute approximate surface area is 85.5 Å². The summed E-state index contributed by atoms with van der Waals surface area (Å²) in [6.45, 7) is 0. The molecule has 0 atom stereocenters. The third-order valence-electron chi connectivity index (χ3n) is 1.69. The minimum absolute atomic E-state index is 0.330. The average molecular weight is 241 g/mol. The summed E-state index contributed by atoms with van der Waals surface area (Å²) in [6.07, 6.45) is -5.32. The van der Waals surface area contributed by atoms with Gasteiger partial charge in [0, 0.05) is 6.20 Å². The van der Waals surface area contributed by atoms with Crippen LogP contribution < -0.4 is 0 Å². The number of rotatable bonds is 2. The Morgan fingerprint density at radius 1 is 1.19 bits per heavy atom. The molecule has 0 saturated heterocycles. The molecule has 0 aromatic carbocycles. The lowest BCUT2D eigenvalue weighted by molar-refractivity contribution is -0.290. The second kappa shape index (κ2) is 3.69. The predicted octanol–water partition coefficient (Wildman–Crippen LogP) is 2.43. The van der Waals surface area contributed by atoms with Gasteiger partial charge in [0.25, 0.3) is 0 Å². The molecule has 1 aromatic rings. The molecule has 1 N–H and O–H groups in total. The van der Waals surface area contributed by atoms with Gasteiger partial charge in [-0.2, -0.15) is 22.0 Å². The van der Waals surface area contributed by atoms with E-state index in [1.165, 1.54) is 0 Å². The van der Waals surface area contributed by atoms with Crippen LogP contribution in [0.3, 0.4) is 0 Å². The van der Waals surface area contributed by atoms with Gasteiger partial charge < -0.3 is 5.11 Å². The van der Waals surface area contributed by atoms with Gasteiger partial charge in [0.2, 0.25) is 0 Å². The van der Waals surface area contributed by atoms with E-state index < -0.39 is 29.3 Å². The summed E-state index contributed by atoms with van der Waals surface area (Å²) in [6, 6.07) is 0.960. The number of carboxylic acids is 1. The van der Waals surface area contributed by atoms with Gasteiger partial charge in [-0.05, 0) is 12.1 Å². The summed E-state index contributed by atoms with van der Waals surface area (Å²) in [5.74, 6) is -6.56. The number of aromatic carboxylic acids is 1. The molecule has 0 fully saturated rings. The van der Waals surface area contributed by atoms with Crippen LogP contribution >= 0.6 is 0 Å². The van der Waals surface area contributed by atoms with Crippen LogP contribution in [-0.2, 0) is 5.92 Å². The van der Waals surface area contributed by atoms with Crippen molar-refractivity contribution in [3.8, 4) is 0 Å². The number of carbonyl (C=O) groups is 1. The smallest absolute Gasteiger partial charge is 0.459 e. The van der Waals surface area contributed by atoms with Gasteiger partial charge in [-0.15, -0.1) is 0 Å². The first-order valence-electron chi connectivity index (χ1n) is 3.80. The van der Waals surface area contributed by atoms with Crippen LogP contribution in [0.15, 0.2) is 18.3 Å². The van der Waals surface area contributed by atoms with Crippen LogP contribution in [0, 0.1) is 0 Å². The van der Waals surface area contributed by atoms with E-state index in [2.05, 4.69) is 4.98 Å². The molecule has 0 bridgehead atoms. The van der Waals surface area contributed by atoms with E-state index in [1.54, 1.807) is 0 Å². The summed E-state index contributed by atoms with van der Waals surface area (Å²) in [7, 11) is 0. The van der Waals surface area contributed by atoms with E-state index in [9.17, 15) is 26.7 Å². The van der Waals surface area contributed by atoms with Gasteiger partial charge in [-0.25, -0.2) is 4.79 Å². The Balaban J connectivity index is 3.11. The molecule has 1 rings (SSSR count). The third-order valence-corrected chi connectivity index (χ3v) is 1.69. The number of hydrogen-bond acceptors (Lipinski definition) is 2. The molecule has 0 amide bonds. The zero-order valence-corrected chi connectivity index (χ0v) is 7.42.